The van der Waals surface area contributed by atoms with E-state index in [9.17, 15) is 9.59 Å². The van der Waals surface area contributed by atoms with Crippen LogP contribution in [0.5, 0.6) is 0 Å². The molecule has 0 saturated carbocycles. The van der Waals surface area contributed by atoms with Gasteiger partial charge in [0, 0.05) is 18.9 Å². The molecule has 1 amide bonds. The standard InChI is InChI=1S/C16H22N2O5/c1-16(2,3)23-15(20)18-7-8-21-13(10-18)11-22-14(19)12-5-4-6-17-9-12/h4-6,9,13H,7-8,10-11H2,1-3H3. The average Bonchev–Trinajstić information content (AvgIpc) is 2.52. The van der Waals surface area contributed by atoms with Crippen molar-refractivity contribution in [3.05, 3.63) is 30.1 Å². The van der Waals surface area contributed by atoms with Crippen LogP contribution in [0.3, 0.4) is 0 Å². The van der Waals surface area contributed by atoms with Crippen molar-refractivity contribution in [1.82, 2.24) is 9.88 Å². The summed E-state index contributed by atoms with van der Waals surface area (Å²) in [5.74, 6) is -0.462. The second kappa shape index (κ2) is 7.41. The number of pyridine rings is 1. The van der Waals surface area contributed by atoms with Gasteiger partial charge in [0.05, 0.1) is 18.7 Å². The van der Waals surface area contributed by atoms with Gasteiger partial charge in [-0.3, -0.25) is 4.98 Å². The fourth-order valence-corrected chi connectivity index (χ4v) is 2.05. The highest BCUT2D eigenvalue weighted by Gasteiger charge is 2.28. The van der Waals surface area contributed by atoms with Crippen molar-refractivity contribution in [3.63, 3.8) is 0 Å². The molecule has 23 heavy (non-hydrogen) atoms. The summed E-state index contributed by atoms with van der Waals surface area (Å²) in [4.78, 5) is 29.4. The number of carbonyl (C=O) groups is 2. The summed E-state index contributed by atoms with van der Waals surface area (Å²) >= 11 is 0. The maximum absolute atomic E-state index is 12.1. The second-order valence-electron chi connectivity index (χ2n) is 6.26. The molecule has 1 aliphatic rings. The third-order valence-electron chi connectivity index (χ3n) is 3.09. The van der Waals surface area contributed by atoms with Crippen LogP contribution >= 0.6 is 0 Å². The van der Waals surface area contributed by atoms with Gasteiger partial charge in [-0.2, -0.15) is 0 Å². The van der Waals surface area contributed by atoms with Crippen molar-refractivity contribution < 1.29 is 23.8 Å². The number of rotatable bonds is 3. The summed E-state index contributed by atoms with van der Waals surface area (Å²) in [6.45, 7) is 6.70. The molecule has 7 nitrogen and oxygen atoms in total. The van der Waals surface area contributed by atoms with Gasteiger partial charge >= 0.3 is 12.1 Å². The Kier molecular flexibility index (Phi) is 5.54. The molecule has 0 radical (unpaired) electrons. The summed E-state index contributed by atoms with van der Waals surface area (Å²) in [6, 6.07) is 3.29. The van der Waals surface area contributed by atoms with E-state index in [1.54, 1.807) is 23.2 Å². The maximum atomic E-state index is 12.1. The predicted octanol–water partition coefficient (Wildman–Crippen LogP) is 1.87. The number of esters is 1. The van der Waals surface area contributed by atoms with Crippen LogP contribution in [0, 0.1) is 0 Å². The monoisotopic (exact) mass is 322 g/mol. The molecule has 1 fully saturated rings. The van der Waals surface area contributed by atoms with E-state index in [0.717, 1.165) is 0 Å². The highest BCUT2D eigenvalue weighted by atomic mass is 16.6. The number of nitrogens with zero attached hydrogens (tertiary/aromatic N) is 2. The lowest BCUT2D eigenvalue weighted by Gasteiger charge is -2.33. The molecule has 1 atom stereocenters. The Morgan fingerprint density at radius 3 is 2.87 bits per heavy atom. The van der Waals surface area contributed by atoms with Gasteiger partial charge in [0.1, 0.15) is 18.3 Å². The van der Waals surface area contributed by atoms with E-state index in [-0.39, 0.29) is 18.8 Å². The molecule has 1 aliphatic heterocycles. The van der Waals surface area contributed by atoms with E-state index in [1.165, 1.54) is 6.20 Å². The Morgan fingerprint density at radius 2 is 2.22 bits per heavy atom. The van der Waals surface area contributed by atoms with Crippen LogP contribution in [-0.2, 0) is 14.2 Å². The van der Waals surface area contributed by atoms with Gasteiger partial charge in [-0.25, -0.2) is 9.59 Å². The summed E-state index contributed by atoms with van der Waals surface area (Å²) in [7, 11) is 0. The maximum Gasteiger partial charge on any atom is 0.410 e. The molecule has 2 rings (SSSR count). The van der Waals surface area contributed by atoms with Gasteiger partial charge in [-0.15, -0.1) is 0 Å². The van der Waals surface area contributed by atoms with Crippen molar-refractivity contribution in [2.45, 2.75) is 32.5 Å². The Labute approximate surface area is 135 Å². The normalized spacial score (nSPS) is 18.4. The molecule has 126 valence electrons. The summed E-state index contributed by atoms with van der Waals surface area (Å²) < 4.78 is 16.1. The van der Waals surface area contributed by atoms with Crippen LogP contribution in [0.2, 0.25) is 0 Å². The topological polar surface area (TPSA) is 78.0 Å². The van der Waals surface area contributed by atoms with E-state index in [2.05, 4.69) is 4.98 Å². The molecule has 0 spiro atoms. The van der Waals surface area contributed by atoms with Crippen molar-refractivity contribution in [2.75, 3.05) is 26.3 Å². The number of morpholine rings is 1. The van der Waals surface area contributed by atoms with Gasteiger partial charge < -0.3 is 19.1 Å². The Bertz CT molecular complexity index is 541. The molecule has 0 aromatic carbocycles. The summed E-state index contributed by atoms with van der Waals surface area (Å²) in [5.41, 5.74) is -0.162. The van der Waals surface area contributed by atoms with Crippen molar-refractivity contribution in [1.29, 1.82) is 0 Å². The van der Waals surface area contributed by atoms with Crippen molar-refractivity contribution in [3.8, 4) is 0 Å². The minimum absolute atomic E-state index is 0.0764. The highest BCUT2D eigenvalue weighted by molar-refractivity contribution is 5.88. The molecular formula is C16H22N2O5. The van der Waals surface area contributed by atoms with E-state index in [0.29, 0.717) is 25.3 Å². The number of hydrogen-bond donors (Lipinski definition) is 0. The Balaban J connectivity index is 1.82. The third-order valence-corrected chi connectivity index (χ3v) is 3.09. The van der Waals surface area contributed by atoms with Crippen LogP contribution in [0.15, 0.2) is 24.5 Å². The number of amides is 1. The molecule has 1 unspecified atom stereocenters. The number of hydrogen-bond acceptors (Lipinski definition) is 6. The third kappa shape index (κ3) is 5.52. The number of ether oxygens (including phenoxy) is 3. The molecule has 1 saturated heterocycles. The second-order valence-corrected chi connectivity index (χ2v) is 6.26. The molecule has 2 heterocycles. The lowest BCUT2D eigenvalue weighted by molar-refractivity contribution is -0.0638. The smallest absolute Gasteiger partial charge is 0.410 e. The van der Waals surface area contributed by atoms with Crippen LogP contribution in [0.4, 0.5) is 4.79 Å². The van der Waals surface area contributed by atoms with E-state index in [4.69, 9.17) is 14.2 Å². The molecule has 1 aromatic heterocycles. The minimum atomic E-state index is -0.544. The largest absolute Gasteiger partial charge is 0.459 e. The van der Waals surface area contributed by atoms with E-state index in [1.807, 2.05) is 20.8 Å². The van der Waals surface area contributed by atoms with Crippen LogP contribution in [0.25, 0.3) is 0 Å². The first kappa shape index (κ1) is 17.2. The zero-order valence-corrected chi connectivity index (χ0v) is 13.7. The zero-order chi connectivity index (χ0) is 16.9. The van der Waals surface area contributed by atoms with Crippen LogP contribution < -0.4 is 0 Å². The van der Waals surface area contributed by atoms with Gasteiger partial charge in [0.2, 0.25) is 0 Å². The fourth-order valence-electron chi connectivity index (χ4n) is 2.05. The summed E-state index contributed by atoms with van der Waals surface area (Å²) in [5, 5.41) is 0. The molecular weight excluding hydrogens is 300 g/mol. The predicted molar refractivity (Wildman–Crippen MR) is 82.1 cm³/mol. The molecule has 0 bridgehead atoms. The van der Waals surface area contributed by atoms with E-state index < -0.39 is 11.6 Å². The van der Waals surface area contributed by atoms with Gasteiger partial charge in [-0.05, 0) is 32.9 Å². The number of carbonyl (C=O) groups excluding carboxylic acids is 2. The van der Waals surface area contributed by atoms with Crippen molar-refractivity contribution >= 4 is 12.1 Å². The fraction of sp³-hybridized carbons (Fsp3) is 0.562. The minimum Gasteiger partial charge on any atom is -0.459 e. The first-order chi connectivity index (χ1) is 10.8. The summed E-state index contributed by atoms with van der Waals surface area (Å²) in [6.07, 6.45) is 2.28. The molecule has 1 aromatic rings. The van der Waals surface area contributed by atoms with Crippen LogP contribution in [0.1, 0.15) is 31.1 Å². The first-order valence-corrected chi connectivity index (χ1v) is 7.52. The molecule has 0 aliphatic carbocycles. The SMILES string of the molecule is CC(C)(C)OC(=O)N1CCOC(COC(=O)c2cccnc2)C1. The van der Waals surface area contributed by atoms with Gasteiger partial charge in [-0.1, -0.05) is 0 Å². The molecule has 0 N–H and O–H groups in total. The average molecular weight is 322 g/mol. The quantitative estimate of drug-likeness (QED) is 0.791. The van der Waals surface area contributed by atoms with Gasteiger partial charge in [0.15, 0.2) is 0 Å². The first-order valence-electron chi connectivity index (χ1n) is 7.52. The van der Waals surface area contributed by atoms with E-state index >= 15 is 0 Å². The lowest BCUT2D eigenvalue weighted by atomic mass is 10.2. The molecule has 7 heteroatoms. The Hall–Kier alpha value is -2.15. The lowest BCUT2D eigenvalue weighted by Crippen LogP contribution is -2.49. The van der Waals surface area contributed by atoms with Crippen LogP contribution in [-0.4, -0.2) is 60.0 Å². The Morgan fingerprint density at radius 1 is 1.43 bits per heavy atom. The highest BCUT2D eigenvalue weighted by Crippen LogP contribution is 2.13. The van der Waals surface area contributed by atoms with Crippen molar-refractivity contribution in [2.24, 2.45) is 0 Å². The van der Waals surface area contributed by atoms with Gasteiger partial charge in [0.25, 0.3) is 0 Å². The zero-order valence-electron chi connectivity index (χ0n) is 13.7. The number of aromatic nitrogens is 1.